The first-order valence-electron chi connectivity index (χ1n) is 12.9. The average Bonchev–Trinajstić information content (AvgIpc) is 3.19. The maximum atomic E-state index is 10.3. The van der Waals surface area contributed by atoms with E-state index in [0.29, 0.717) is 23.2 Å². The zero-order valence-corrected chi connectivity index (χ0v) is 20.6. The molecule has 0 aromatic heterocycles. The lowest BCUT2D eigenvalue weighted by Crippen LogP contribution is -2.37. The molecule has 3 nitrogen and oxygen atoms in total. The van der Waals surface area contributed by atoms with Gasteiger partial charge in [0.2, 0.25) is 0 Å². The minimum Gasteiger partial charge on any atom is -0.390 e. The summed E-state index contributed by atoms with van der Waals surface area (Å²) in [6, 6.07) is 0. The molecule has 176 valence electrons. The van der Waals surface area contributed by atoms with Crippen LogP contribution in [0.15, 0.2) is 23.8 Å². The Labute approximate surface area is 190 Å². The molecule has 4 fully saturated rings. The highest BCUT2D eigenvalue weighted by Crippen LogP contribution is 2.69. The predicted molar refractivity (Wildman–Crippen MR) is 127 cm³/mol. The van der Waals surface area contributed by atoms with Crippen molar-refractivity contribution < 1.29 is 14.9 Å². The van der Waals surface area contributed by atoms with Gasteiger partial charge in [-0.3, -0.25) is 0 Å². The third kappa shape index (κ3) is 4.08. The van der Waals surface area contributed by atoms with Gasteiger partial charge in [-0.05, 0) is 99.9 Å². The molecule has 0 spiro atoms. The Morgan fingerprint density at radius 2 is 2.06 bits per heavy atom. The highest BCUT2D eigenvalue weighted by Gasteiger charge is 2.66. The van der Waals surface area contributed by atoms with Gasteiger partial charge in [0, 0.05) is 12.5 Å². The molecular weight excluding hydrogens is 384 g/mol. The zero-order valence-electron chi connectivity index (χ0n) is 20.6. The summed E-state index contributed by atoms with van der Waals surface area (Å²) in [5.74, 6) is 2.72. The number of rotatable bonds is 8. The lowest BCUT2D eigenvalue weighted by molar-refractivity contribution is 0.0586. The fourth-order valence-electron chi connectivity index (χ4n) is 8.18. The first-order valence-corrected chi connectivity index (χ1v) is 12.9. The van der Waals surface area contributed by atoms with Gasteiger partial charge in [0.25, 0.3) is 0 Å². The zero-order chi connectivity index (χ0) is 22.6. The molecule has 4 saturated carbocycles. The highest BCUT2D eigenvalue weighted by atomic mass is 16.5. The van der Waals surface area contributed by atoms with Gasteiger partial charge < -0.3 is 14.9 Å². The van der Waals surface area contributed by atoms with Crippen LogP contribution in [0.3, 0.4) is 0 Å². The summed E-state index contributed by atoms with van der Waals surface area (Å²) in [5, 5.41) is 20.4. The summed E-state index contributed by atoms with van der Waals surface area (Å²) in [6.45, 7) is 13.1. The normalized spacial score (nSPS) is 43.1. The van der Waals surface area contributed by atoms with Crippen LogP contribution >= 0.6 is 0 Å². The standard InChI is InChI=1S/C28H46O3/c1-18(9-7-13-26(3,4)30)22-11-12-23-20(10-8-14-27(22,23)5)15-25(31-6)28-17-21(28)16-24(29)19(28)2/h15,18,21-25,29-30H,2,7-14,16-17H2,1,3-6H3/b20-15+/t18-,21-,22-,23+,24+,25-,27-,28+/m1/s1. The Morgan fingerprint density at radius 3 is 2.68 bits per heavy atom. The van der Waals surface area contributed by atoms with Gasteiger partial charge in [0.1, 0.15) is 0 Å². The van der Waals surface area contributed by atoms with Crippen LogP contribution in [0.25, 0.3) is 0 Å². The molecular formula is C28H46O3. The predicted octanol–water partition coefficient (Wildman–Crippen LogP) is 6.05. The molecule has 0 saturated heterocycles. The van der Waals surface area contributed by atoms with Crippen LogP contribution in [0.1, 0.15) is 91.9 Å². The van der Waals surface area contributed by atoms with Crippen molar-refractivity contribution in [2.45, 2.75) is 110 Å². The molecule has 0 aromatic rings. The van der Waals surface area contributed by atoms with E-state index in [1.807, 2.05) is 21.0 Å². The minimum absolute atomic E-state index is 0.00257. The van der Waals surface area contributed by atoms with E-state index < -0.39 is 5.60 Å². The van der Waals surface area contributed by atoms with Crippen LogP contribution in [-0.4, -0.2) is 35.1 Å². The van der Waals surface area contributed by atoms with Gasteiger partial charge in [0.15, 0.2) is 0 Å². The number of methoxy groups -OCH3 is 1. The molecule has 0 unspecified atom stereocenters. The number of fused-ring (bicyclic) bond motifs is 2. The Bertz CT molecular complexity index is 718. The number of ether oxygens (including phenoxy) is 1. The van der Waals surface area contributed by atoms with E-state index in [1.54, 1.807) is 5.57 Å². The molecule has 0 heterocycles. The van der Waals surface area contributed by atoms with Crippen molar-refractivity contribution in [1.82, 2.24) is 0 Å². The SMILES string of the molecule is C=C1[C@@H](O)C[C@@H]2C[C@]12[C@@H](/C=C1\CCC[C@]2(C)[C@@H]([C@H](C)CCCC(C)(C)O)CC[C@@H]12)OC. The van der Waals surface area contributed by atoms with Gasteiger partial charge in [0.05, 0.1) is 17.8 Å². The van der Waals surface area contributed by atoms with Crippen molar-refractivity contribution in [1.29, 1.82) is 0 Å². The first kappa shape index (κ1) is 23.5. The lowest BCUT2D eigenvalue weighted by atomic mass is 9.60. The number of aliphatic hydroxyl groups excluding tert-OH is 1. The smallest absolute Gasteiger partial charge is 0.0851 e. The third-order valence-electron chi connectivity index (χ3n) is 9.96. The molecule has 0 aromatic carbocycles. The highest BCUT2D eigenvalue weighted by molar-refractivity contribution is 5.38. The summed E-state index contributed by atoms with van der Waals surface area (Å²) >= 11 is 0. The van der Waals surface area contributed by atoms with Crippen LogP contribution in [0, 0.1) is 34.5 Å². The Hall–Kier alpha value is -0.640. The van der Waals surface area contributed by atoms with Crippen molar-refractivity contribution in [2.75, 3.05) is 7.11 Å². The number of allylic oxidation sites excluding steroid dienone is 1. The van der Waals surface area contributed by atoms with Crippen molar-refractivity contribution in [3.05, 3.63) is 23.8 Å². The van der Waals surface area contributed by atoms with E-state index in [0.717, 1.165) is 37.2 Å². The van der Waals surface area contributed by atoms with Crippen LogP contribution in [0.2, 0.25) is 0 Å². The van der Waals surface area contributed by atoms with Crippen LogP contribution in [0.5, 0.6) is 0 Å². The van der Waals surface area contributed by atoms with Gasteiger partial charge in [-0.15, -0.1) is 0 Å². The summed E-state index contributed by atoms with van der Waals surface area (Å²) in [4.78, 5) is 0. The fraction of sp³-hybridized carbons (Fsp3) is 0.857. The van der Waals surface area contributed by atoms with Crippen molar-refractivity contribution >= 4 is 0 Å². The Morgan fingerprint density at radius 1 is 1.32 bits per heavy atom. The minimum atomic E-state index is -0.546. The largest absolute Gasteiger partial charge is 0.390 e. The molecule has 4 aliphatic rings. The summed E-state index contributed by atoms with van der Waals surface area (Å²) in [7, 11) is 1.84. The van der Waals surface area contributed by atoms with Gasteiger partial charge in [-0.25, -0.2) is 0 Å². The summed E-state index contributed by atoms with van der Waals surface area (Å²) < 4.78 is 6.07. The maximum absolute atomic E-state index is 10.3. The second-order valence-electron chi connectivity index (χ2n) is 12.4. The second-order valence-corrected chi connectivity index (χ2v) is 12.4. The lowest BCUT2D eigenvalue weighted by Gasteiger charge is -2.45. The summed E-state index contributed by atoms with van der Waals surface area (Å²) in [5.41, 5.74) is 2.49. The van der Waals surface area contributed by atoms with Crippen molar-refractivity contribution in [2.24, 2.45) is 34.5 Å². The molecule has 0 bridgehead atoms. The van der Waals surface area contributed by atoms with Gasteiger partial charge in [-0.2, -0.15) is 0 Å². The van der Waals surface area contributed by atoms with Crippen LogP contribution < -0.4 is 0 Å². The molecule has 0 radical (unpaired) electrons. The van der Waals surface area contributed by atoms with Crippen LogP contribution in [0.4, 0.5) is 0 Å². The molecule has 4 rings (SSSR count). The van der Waals surface area contributed by atoms with Crippen molar-refractivity contribution in [3.63, 3.8) is 0 Å². The van der Waals surface area contributed by atoms with Crippen LogP contribution in [-0.2, 0) is 4.74 Å². The Balaban J connectivity index is 1.48. The van der Waals surface area contributed by atoms with Crippen molar-refractivity contribution in [3.8, 4) is 0 Å². The van der Waals surface area contributed by atoms with Gasteiger partial charge >= 0.3 is 0 Å². The van der Waals surface area contributed by atoms with E-state index in [1.165, 1.54) is 38.5 Å². The summed E-state index contributed by atoms with van der Waals surface area (Å²) in [6.07, 6.45) is 13.9. The number of hydrogen-bond donors (Lipinski definition) is 2. The molecule has 0 amide bonds. The topological polar surface area (TPSA) is 49.7 Å². The second kappa shape index (κ2) is 8.29. The van der Waals surface area contributed by atoms with E-state index in [4.69, 9.17) is 4.74 Å². The molecule has 31 heavy (non-hydrogen) atoms. The molecule has 8 atom stereocenters. The molecule has 4 aliphatic carbocycles. The van der Waals surface area contributed by atoms with E-state index in [9.17, 15) is 10.2 Å². The quantitative estimate of drug-likeness (QED) is 0.461. The first-order chi connectivity index (χ1) is 14.5. The molecule has 2 N–H and O–H groups in total. The molecule has 0 aliphatic heterocycles. The number of hydrogen-bond acceptors (Lipinski definition) is 3. The van der Waals surface area contributed by atoms with E-state index in [2.05, 4.69) is 26.5 Å². The Kier molecular flexibility index (Phi) is 6.29. The fourth-order valence-corrected chi connectivity index (χ4v) is 8.18. The third-order valence-corrected chi connectivity index (χ3v) is 9.96. The molecule has 3 heteroatoms. The average molecular weight is 431 g/mol. The van der Waals surface area contributed by atoms with E-state index in [-0.39, 0.29) is 17.6 Å². The van der Waals surface area contributed by atoms with E-state index >= 15 is 0 Å². The van der Waals surface area contributed by atoms with Gasteiger partial charge in [-0.1, -0.05) is 44.9 Å². The monoisotopic (exact) mass is 430 g/mol. The number of aliphatic hydroxyl groups is 2. The maximum Gasteiger partial charge on any atom is 0.0851 e.